The van der Waals surface area contributed by atoms with Gasteiger partial charge in [-0.25, -0.2) is 9.97 Å². The van der Waals surface area contributed by atoms with Crippen LogP contribution in [0.15, 0.2) is 61.4 Å². The number of fused-ring (bicyclic) bond motifs is 1. The fourth-order valence-corrected chi connectivity index (χ4v) is 4.05. The molecular weight excluding hydrogens is 466 g/mol. The number of likely N-dealkylation sites (N-methyl/N-ethyl adjacent to an activating group) is 2. The van der Waals surface area contributed by atoms with Crippen LogP contribution in [0.1, 0.15) is 5.56 Å². The number of primary amides is 1. The number of rotatable bonds is 9. The molecule has 37 heavy (non-hydrogen) atoms. The lowest BCUT2D eigenvalue weighted by Gasteiger charge is -2.25. The Kier molecular flexibility index (Phi) is 9.23. The Morgan fingerprint density at radius 2 is 1.89 bits per heavy atom. The van der Waals surface area contributed by atoms with Gasteiger partial charge in [0.2, 0.25) is 12.4 Å². The zero-order valence-electron chi connectivity index (χ0n) is 22.1. The second-order valence-corrected chi connectivity index (χ2v) is 8.74. The third kappa shape index (κ3) is 6.45. The van der Waals surface area contributed by atoms with Crippen LogP contribution in [-0.2, 0) is 11.8 Å². The maximum absolute atomic E-state index is 8.58. The van der Waals surface area contributed by atoms with Crippen LogP contribution in [-0.4, -0.2) is 67.2 Å². The molecule has 0 radical (unpaired) electrons. The highest BCUT2D eigenvalue weighted by atomic mass is 16.5. The minimum Gasteiger partial charge on any atom is -0.494 e. The minimum absolute atomic E-state index is 0.250. The lowest BCUT2D eigenvalue weighted by molar-refractivity contribution is -0.106. The number of methoxy groups -OCH3 is 1. The number of amides is 1. The van der Waals surface area contributed by atoms with Crippen LogP contribution in [0.2, 0.25) is 0 Å². The molecule has 0 saturated heterocycles. The van der Waals surface area contributed by atoms with E-state index in [9.17, 15) is 0 Å². The lowest BCUT2D eigenvalue weighted by atomic mass is 10.1. The normalized spacial score (nSPS) is 10.5. The molecule has 0 bridgehead atoms. The summed E-state index contributed by atoms with van der Waals surface area (Å²) in [5.74, 6) is 1.23. The van der Waals surface area contributed by atoms with Crippen molar-refractivity contribution < 1.29 is 9.53 Å². The van der Waals surface area contributed by atoms with Gasteiger partial charge >= 0.3 is 0 Å². The molecule has 2 heterocycles. The quantitative estimate of drug-likeness (QED) is 0.333. The van der Waals surface area contributed by atoms with Crippen molar-refractivity contribution in [2.24, 2.45) is 12.8 Å². The molecule has 0 saturated carbocycles. The molecule has 1 amide bonds. The average Bonchev–Trinajstić information content (AvgIpc) is 3.24. The minimum atomic E-state index is 0.250. The highest BCUT2D eigenvalue weighted by molar-refractivity contribution is 5.95. The summed E-state index contributed by atoms with van der Waals surface area (Å²) < 4.78 is 7.83. The third-order valence-corrected chi connectivity index (χ3v) is 5.94. The summed E-state index contributed by atoms with van der Waals surface area (Å²) in [7, 11) is 9.94. The Labute approximate surface area is 218 Å². The third-order valence-electron chi connectivity index (χ3n) is 5.94. The Morgan fingerprint density at radius 1 is 1.16 bits per heavy atom. The summed E-state index contributed by atoms with van der Waals surface area (Å²) in [4.78, 5) is 22.2. The second kappa shape index (κ2) is 12.5. The first kappa shape index (κ1) is 27.2. The lowest BCUT2D eigenvalue weighted by Crippen LogP contribution is -2.28. The molecule has 0 aliphatic rings. The summed E-state index contributed by atoms with van der Waals surface area (Å²) in [6.07, 6.45) is 5.99. The number of ether oxygens (including phenoxy) is 1. The monoisotopic (exact) mass is 501 g/mol. The maximum Gasteiger partial charge on any atom is 0.227 e. The van der Waals surface area contributed by atoms with Gasteiger partial charge in [0.05, 0.1) is 18.5 Å². The van der Waals surface area contributed by atoms with E-state index in [1.165, 1.54) is 0 Å². The van der Waals surface area contributed by atoms with Crippen LogP contribution in [0.3, 0.4) is 0 Å². The molecule has 9 heteroatoms. The smallest absolute Gasteiger partial charge is 0.227 e. The van der Waals surface area contributed by atoms with Crippen LogP contribution in [0.25, 0.3) is 28.2 Å². The fraction of sp³-hybridized carbons (Fsp3) is 0.250. The first-order valence-electron chi connectivity index (χ1n) is 11.8. The van der Waals surface area contributed by atoms with Crippen LogP contribution >= 0.6 is 0 Å². The number of anilines is 3. The molecule has 194 valence electrons. The molecule has 0 atom stereocenters. The van der Waals surface area contributed by atoms with E-state index in [1.807, 2.05) is 43.5 Å². The van der Waals surface area contributed by atoms with Gasteiger partial charge in [-0.15, -0.1) is 0 Å². The number of nitrogens with one attached hydrogen (secondary N) is 1. The highest BCUT2D eigenvalue weighted by Crippen LogP contribution is 2.36. The number of hydrogen-bond acceptors (Lipinski definition) is 7. The molecule has 0 aliphatic heterocycles. The molecule has 0 unspecified atom stereocenters. The van der Waals surface area contributed by atoms with Gasteiger partial charge in [0.15, 0.2) is 0 Å². The molecule has 9 nitrogen and oxygen atoms in total. The number of aryl methyl sites for hydroxylation is 1. The van der Waals surface area contributed by atoms with Crippen molar-refractivity contribution >= 4 is 40.7 Å². The van der Waals surface area contributed by atoms with E-state index in [1.54, 1.807) is 13.3 Å². The largest absolute Gasteiger partial charge is 0.494 e. The van der Waals surface area contributed by atoms with E-state index in [0.717, 1.165) is 57.9 Å². The first-order valence-corrected chi connectivity index (χ1v) is 11.8. The maximum atomic E-state index is 8.58. The van der Waals surface area contributed by atoms with Gasteiger partial charge in [-0.1, -0.05) is 30.9 Å². The van der Waals surface area contributed by atoms with Gasteiger partial charge < -0.3 is 30.2 Å². The van der Waals surface area contributed by atoms with Gasteiger partial charge in [-0.05, 0) is 37.9 Å². The number of carbonyl (C=O) groups is 1. The zero-order chi connectivity index (χ0) is 26.9. The van der Waals surface area contributed by atoms with Crippen molar-refractivity contribution in [1.29, 1.82) is 0 Å². The highest BCUT2D eigenvalue weighted by Gasteiger charge is 2.15. The van der Waals surface area contributed by atoms with Crippen molar-refractivity contribution in [2.75, 3.05) is 51.6 Å². The van der Waals surface area contributed by atoms with E-state index >= 15 is 0 Å². The van der Waals surface area contributed by atoms with E-state index in [0.29, 0.717) is 5.95 Å². The molecular formula is C28H35N7O2. The van der Waals surface area contributed by atoms with Crippen LogP contribution in [0.5, 0.6) is 5.75 Å². The van der Waals surface area contributed by atoms with E-state index in [2.05, 4.69) is 76.5 Å². The van der Waals surface area contributed by atoms with Gasteiger partial charge in [0.1, 0.15) is 5.75 Å². The number of carbonyl (C=O) groups excluding carboxylic acids is 1. The molecule has 3 N–H and O–H groups in total. The van der Waals surface area contributed by atoms with Crippen molar-refractivity contribution in [3.8, 4) is 17.0 Å². The molecule has 0 aliphatic carbocycles. The van der Waals surface area contributed by atoms with Crippen LogP contribution in [0, 0.1) is 0 Å². The van der Waals surface area contributed by atoms with Gasteiger partial charge in [-0.2, -0.15) is 0 Å². The Balaban J connectivity index is 0.00000121. The summed E-state index contributed by atoms with van der Waals surface area (Å²) in [5, 5.41) is 4.51. The first-order chi connectivity index (χ1) is 17.8. The van der Waals surface area contributed by atoms with Crippen molar-refractivity contribution in [2.45, 2.75) is 0 Å². The number of para-hydroxylation sites is 1. The fourth-order valence-electron chi connectivity index (χ4n) is 4.05. The topological polar surface area (TPSA) is 102 Å². The SMILES string of the molecule is C=Cc1cc(Nc2nccc(-c3cn(C)c4ccccc34)n2)c(OC)cc1N(C)CCN(C)C.NC=O. The Morgan fingerprint density at radius 3 is 2.57 bits per heavy atom. The summed E-state index contributed by atoms with van der Waals surface area (Å²) >= 11 is 0. The van der Waals surface area contributed by atoms with Crippen LogP contribution < -0.4 is 20.7 Å². The second-order valence-electron chi connectivity index (χ2n) is 8.74. The van der Waals surface area contributed by atoms with Gasteiger partial charge in [0.25, 0.3) is 0 Å². The molecule has 4 aromatic rings. The number of benzene rings is 2. The number of hydrogen-bond donors (Lipinski definition) is 2. The molecule has 0 spiro atoms. The van der Waals surface area contributed by atoms with Crippen molar-refractivity contribution in [3.63, 3.8) is 0 Å². The number of aromatic nitrogens is 3. The molecule has 2 aromatic carbocycles. The van der Waals surface area contributed by atoms with E-state index < -0.39 is 0 Å². The van der Waals surface area contributed by atoms with Crippen molar-refractivity contribution in [1.82, 2.24) is 19.4 Å². The molecule has 2 aromatic heterocycles. The Hall–Kier alpha value is -4.37. The molecule has 0 fully saturated rings. The standard InChI is InChI=1S/C27H32N6O.CH3NO/c1-7-19-16-23(26(34-6)17-25(19)32(4)15-14-31(2)3)30-27-28-13-12-22(29-27)21-18-33(5)24-11-9-8-10-20(21)24;2-1-3/h7-13,16-18H,1,14-15H2,2-6H3,(H,28,29,30);1H,(H2,2,3). The van der Waals surface area contributed by atoms with Crippen molar-refractivity contribution in [3.05, 3.63) is 67.0 Å². The predicted octanol–water partition coefficient (Wildman–Crippen LogP) is 4.13. The van der Waals surface area contributed by atoms with Crippen LogP contribution in [0.4, 0.5) is 17.3 Å². The van der Waals surface area contributed by atoms with Gasteiger partial charge in [-0.3, -0.25) is 4.79 Å². The predicted molar refractivity (Wildman–Crippen MR) is 152 cm³/mol. The number of nitrogens with zero attached hydrogens (tertiary/aromatic N) is 5. The zero-order valence-corrected chi connectivity index (χ0v) is 22.1. The Bertz CT molecular complexity index is 1360. The number of nitrogens with two attached hydrogens (primary N) is 1. The summed E-state index contributed by atoms with van der Waals surface area (Å²) in [6.45, 7) is 5.86. The van der Waals surface area contributed by atoms with E-state index in [4.69, 9.17) is 14.5 Å². The average molecular weight is 502 g/mol. The molecule has 4 rings (SSSR count). The van der Waals surface area contributed by atoms with E-state index in [-0.39, 0.29) is 6.41 Å². The summed E-state index contributed by atoms with van der Waals surface area (Å²) in [5.41, 5.74) is 10.1. The van der Waals surface area contributed by atoms with Gasteiger partial charge in [0, 0.05) is 67.8 Å². The summed E-state index contributed by atoms with van der Waals surface area (Å²) in [6, 6.07) is 14.3.